The third-order valence-corrected chi connectivity index (χ3v) is 5.78. The zero-order chi connectivity index (χ0) is 16.3. The standard InChI is InChI=1S/C19H29N3O/c1-3-19(4-2)14-16(20-18(19)23)15-21-10-12-22(13-11-21)17-8-6-5-7-9-17/h5-9,16H,3-4,10-15H2,1-2H3,(H,20,23). The lowest BCUT2D eigenvalue weighted by atomic mass is 9.79. The summed E-state index contributed by atoms with van der Waals surface area (Å²) in [7, 11) is 0. The Bertz CT molecular complexity index is 519. The molecule has 0 spiro atoms. The molecular formula is C19H29N3O. The van der Waals surface area contributed by atoms with E-state index in [9.17, 15) is 4.79 Å². The van der Waals surface area contributed by atoms with Crippen molar-refractivity contribution in [1.29, 1.82) is 0 Å². The highest BCUT2D eigenvalue weighted by molar-refractivity contribution is 5.85. The molecule has 2 heterocycles. The lowest BCUT2D eigenvalue weighted by Crippen LogP contribution is -2.50. The Kier molecular flexibility index (Phi) is 4.90. The topological polar surface area (TPSA) is 35.6 Å². The monoisotopic (exact) mass is 315 g/mol. The minimum atomic E-state index is -0.115. The Morgan fingerprint density at radius 3 is 2.30 bits per heavy atom. The van der Waals surface area contributed by atoms with Gasteiger partial charge in [0.2, 0.25) is 5.91 Å². The van der Waals surface area contributed by atoms with Gasteiger partial charge in [0.05, 0.1) is 5.41 Å². The molecule has 2 saturated heterocycles. The van der Waals surface area contributed by atoms with E-state index in [2.05, 4.69) is 59.3 Å². The third-order valence-electron chi connectivity index (χ3n) is 5.78. The summed E-state index contributed by atoms with van der Waals surface area (Å²) >= 11 is 0. The summed E-state index contributed by atoms with van der Waals surface area (Å²) in [6.07, 6.45) is 2.90. The average molecular weight is 315 g/mol. The predicted molar refractivity (Wildman–Crippen MR) is 94.7 cm³/mol. The van der Waals surface area contributed by atoms with Crippen molar-refractivity contribution in [3.8, 4) is 0 Å². The van der Waals surface area contributed by atoms with Gasteiger partial charge in [-0.05, 0) is 31.4 Å². The molecule has 23 heavy (non-hydrogen) atoms. The van der Waals surface area contributed by atoms with Crippen LogP contribution in [0, 0.1) is 5.41 Å². The fourth-order valence-corrected chi connectivity index (χ4v) is 4.06. The van der Waals surface area contributed by atoms with Gasteiger partial charge < -0.3 is 10.2 Å². The Hall–Kier alpha value is -1.55. The molecule has 0 aliphatic carbocycles. The number of anilines is 1. The lowest BCUT2D eigenvalue weighted by molar-refractivity contribution is -0.128. The van der Waals surface area contributed by atoms with Crippen molar-refractivity contribution in [3.05, 3.63) is 30.3 Å². The van der Waals surface area contributed by atoms with E-state index < -0.39 is 0 Å². The molecular weight excluding hydrogens is 286 g/mol. The van der Waals surface area contributed by atoms with Gasteiger partial charge in [-0.1, -0.05) is 32.0 Å². The molecule has 4 nitrogen and oxygen atoms in total. The van der Waals surface area contributed by atoms with E-state index in [0.29, 0.717) is 6.04 Å². The van der Waals surface area contributed by atoms with Crippen LogP contribution in [0.5, 0.6) is 0 Å². The van der Waals surface area contributed by atoms with Crippen molar-refractivity contribution in [3.63, 3.8) is 0 Å². The minimum absolute atomic E-state index is 0.115. The van der Waals surface area contributed by atoms with Crippen molar-refractivity contribution in [2.75, 3.05) is 37.6 Å². The smallest absolute Gasteiger partial charge is 0.226 e. The molecule has 1 atom stereocenters. The number of nitrogens with one attached hydrogen (secondary N) is 1. The number of carbonyl (C=O) groups is 1. The normalized spacial score (nSPS) is 24.7. The van der Waals surface area contributed by atoms with E-state index in [1.54, 1.807) is 0 Å². The maximum atomic E-state index is 12.3. The van der Waals surface area contributed by atoms with Gasteiger partial charge in [-0.25, -0.2) is 0 Å². The molecule has 2 aliphatic rings. The molecule has 3 rings (SSSR count). The molecule has 1 N–H and O–H groups in total. The van der Waals surface area contributed by atoms with Crippen LogP contribution in [0.3, 0.4) is 0 Å². The molecule has 1 amide bonds. The minimum Gasteiger partial charge on any atom is -0.369 e. The molecule has 1 aromatic rings. The first kappa shape index (κ1) is 16.3. The van der Waals surface area contributed by atoms with Crippen molar-refractivity contribution in [2.24, 2.45) is 5.41 Å². The highest BCUT2D eigenvalue weighted by Crippen LogP contribution is 2.37. The van der Waals surface area contributed by atoms with E-state index >= 15 is 0 Å². The van der Waals surface area contributed by atoms with Gasteiger partial charge in [-0.2, -0.15) is 0 Å². The van der Waals surface area contributed by atoms with E-state index in [1.807, 2.05) is 0 Å². The molecule has 1 unspecified atom stereocenters. The second-order valence-electron chi connectivity index (χ2n) is 6.99. The van der Waals surface area contributed by atoms with E-state index in [1.165, 1.54) is 5.69 Å². The van der Waals surface area contributed by atoms with Gasteiger partial charge in [0, 0.05) is 44.5 Å². The number of hydrogen-bond acceptors (Lipinski definition) is 3. The second kappa shape index (κ2) is 6.91. The second-order valence-corrected chi connectivity index (χ2v) is 6.99. The lowest BCUT2D eigenvalue weighted by Gasteiger charge is -2.37. The van der Waals surface area contributed by atoms with Gasteiger partial charge >= 0.3 is 0 Å². The van der Waals surface area contributed by atoms with Crippen molar-refractivity contribution in [2.45, 2.75) is 39.2 Å². The molecule has 1 aromatic carbocycles. The van der Waals surface area contributed by atoms with Gasteiger partial charge in [0.15, 0.2) is 0 Å². The Morgan fingerprint density at radius 2 is 1.74 bits per heavy atom. The number of rotatable bonds is 5. The zero-order valence-corrected chi connectivity index (χ0v) is 14.4. The molecule has 0 saturated carbocycles. The first-order valence-electron chi connectivity index (χ1n) is 9.00. The van der Waals surface area contributed by atoms with Crippen LogP contribution in [0.2, 0.25) is 0 Å². The van der Waals surface area contributed by atoms with E-state index in [0.717, 1.165) is 52.0 Å². The molecule has 0 aromatic heterocycles. The number of hydrogen-bond donors (Lipinski definition) is 1. The fourth-order valence-electron chi connectivity index (χ4n) is 4.06. The SMILES string of the molecule is CCC1(CC)CC(CN2CCN(c3ccccc3)CC2)NC1=O. The van der Waals surface area contributed by atoms with E-state index in [-0.39, 0.29) is 11.3 Å². The summed E-state index contributed by atoms with van der Waals surface area (Å²) in [6.45, 7) is 9.57. The summed E-state index contributed by atoms with van der Waals surface area (Å²) in [5, 5.41) is 3.24. The van der Waals surface area contributed by atoms with Gasteiger partial charge in [0.25, 0.3) is 0 Å². The van der Waals surface area contributed by atoms with Crippen LogP contribution in [-0.4, -0.2) is 49.6 Å². The number of carbonyl (C=O) groups excluding carboxylic acids is 1. The van der Waals surface area contributed by atoms with Crippen molar-refractivity contribution < 1.29 is 4.79 Å². The van der Waals surface area contributed by atoms with Crippen LogP contribution in [0.15, 0.2) is 30.3 Å². The van der Waals surface area contributed by atoms with E-state index in [4.69, 9.17) is 0 Å². The summed E-state index contributed by atoms with van der Waals surface area (Å²) < 4.78 is 0. The third kappa shape index (κ3) is 3.37. The number of para-hydroxylation sites is 1. The van der Waals surface area contributed by atoms with Crippen LogP contribution in [0.25, 0.3) is 0 Å². The average Bonchev–Trinajstić information content (AvgIpc) is 2.92. The van der Waals surface area contributed by atoms with Gasteiger partial charge in [-0.15, -0.1) is 0 Å². The summed E-state index contributed by atoms with van der Waals surface area (Å²) in [4.78, 5) is 17.3. The predicted octanol–water partition coefficient (Wildman–Crippen LogP) is 2.50. The molecule has 126 valence electrons. The van der Waals surface area contributed by atoms with Crippen LogP contribution < -0.4 is 10.2 Å². The number of nitrogens with zero attached hydrogens (tertiary/aromatic N) is 2. The Balaban J connectivity index is 1.51. The summed E-state index contributed by atoms with van der Waals surface area (Å²) in [5.41, 5.74) is 1.20. The molecule has 0 radical (unpaired) electrons. The first-order valence-corrected chi connectivity index (χ1v) is 9.00. The quantitative estimate of drug-likeness (QED) is 0.907. The largest absolute Gasteiger partial charge is 0.369 e. The van der Waals surface area contributed by atoms with Crippen LogP contribution >= 0.6 is 0 Å². The molecule has 2 aliphatic heterocycles. The maximum absolute atomic E-state index is 12.3. The number of piperazine rings is 1. The maximum Gasteiger partial charge on any atom is 0.226 e. The van der Waals surface area contributed by atoms with Gasteiger partial charge in [-0.3, -0.25) is 9.69 Å². The number of benzene rings is 1. The number of amides is 1. The molecule has 4 heteroatoms. The van der Waals surface area contributed by atoms with Crippen LogP contribution in [0.1, 0.15) is 33.1 Å². The van der Waals surface area contributed by atoms with Crippen LogP contribution in [0.4, 0.5) is 5.69 Å². The van der Waals surface area contributed by atoms with Gasteiger partial charge in [0.1, 0.15) is 0 Å². The highest BCUT2D eigenvalue weighted by atomic mass is 16.2. The fraction of sp³-hybridized carbons (Fsp3) is 0.632. The first-order chi connectivity index (χ1) is 11.2. The summed E-state index contributed by atoms with van der Waals surface area (Å²) in [5.74, 6) is 0.274. The molecule has 2 fully saturated rings. The van der Waals surface area contributed by atoms with Crippen molar-refractivity contribution in [1.82, 2.24) is 10.2 Å². The zero-order valence-electron chi connectivity index (χ0n) is 14.4. The molecule has 0 bridgehead atoms. The Morgan fingerprint density at radius 1 is 1.09 bits per heavy atom. The summed E-state index contributed by atoms with van der Waals surface area (Å²) in [6, 6.07) is 11.0. The van der Waals surface area contributed by atoms with Crippen molar-refractivity contribution >= 4 is 11.6 Å². The highest BCUT2D eigenvalue weighted by Gasteiger charge is 2.44. The van der Waals surface area contributed by atoms with Crippen LogP contribution in [-0.2, 0) is 4.79 Å². The Labute approximate surface area is 139 Å².